The summed E-state index contributed by atoms with van der Waals surface area (Å²) in [6, 6.07) is 9.33. The summed E-state index contributed by atoms with van der Waals surface area (Å²) in [6.45, 7) is 5.26. The third-order valence-electron chi connectivity index (χ3n) is 3.76. The van der Waals surface area contributed by atoms with Crippen LogP contribution in [0.2, 0.25) is 0 Å². The zero-order valence-electron chi connectivity index (χ0n) is 12.7. The van der Waals surface area contributed by atoms with Gasteiger partial charge in [0.05, 0.1) is 5.69 Å². The quantitative estimate of drug-likeness (QED) is 0.819. The molecule has 0 spiro atoms. The van der Waals surface area contributed by atoms with E-state index in [4.69, 9.17) is 10.5 Å². The summed E-state index contributed by atoms with van der Waals surface area (Å²) >= 11 is 0. The van der Waals surface area contributed by atoms with Gasteiger partial charge in [-0.1, -0.05) is 0 Å². The largest absolute Gasteiger partial charge is 0.476 e. The van der Waals surface area contributed by atoms with Crippen LogP contribution < -0.4 is 15.4 Å². The molecule has 0 aliphatic carbocycles. The van der Waals surface area contributed by atoms with E-state index in [9.17, 15) is 9.18 Å². The number of fused-ring (bicyclic) bond motifs is 1. The van der Waals surface area contributed by atoms with Crippen molar-refractivity contribution < 1.29 is 13.9 Å². The Labute approximate surface area is 128 Å². The Bertz CT molecular complexity index is 754. The third-order valence-corrected chi connectivity index (χ3v) is 3.76. The van der Waals surface area contributed by atoms with E-state index in [1.165, 1.54) is 12.1 Å². The van der Waals surface area contributed by atoms with Crippen LogP contribution >= 0.6 is 0 Å². The zero-order valence-corrected chi connectivity index (χ0v) is 12.7. The summed E-state index contributed by atoms with van der Waals surface area (Å²) in [5.41, 5.74) is 7.57. The molecule has 0 radical (unpaired) electrons. The molecule has 1 aliphatic rings. The van der Waals surface area contributed by atoms with E-state index in [1.54, 1.807) is 43.0 Å². The Balaban J connectivity index is 2.22. The SMILES string of the molecule is Cc1cc2c(cc1N)OC(C)(C)C(=O)N2c1ccc(F)cc1. The number of nitrogens with zero attached hydrogens (tertiary/aromatic N) is 1. The van der Waals surface area contributed by atoms with E-state index in [2.05, 4.69) is 0 Å². The fourth-order valence-electron chi connectivity index (χ4n) is 2.49. The fourth-order valence-corrected chi connectivity index (χ4v) is 2.49. The van der Waals surface area contributed by atoms with Crippen LogP contribution in [-0.2, 0) is 4.79 Å². The number of carbonyl (C=O) groups excluding carboxylic acids is 1. The zero-order chi connectivity index (χ0) is 16.1. The van der Waals surface area contributed by atoms with Crippen molar-refractivity contribution in [3.05, 3.63) is 47.8 Å². The summed E-state index contributed by atoms with van der Waals surface area (Å²) in [5.74, 6) is -0.0229. The summed E-state index contributed by atoms with van der Waals surface area (Å²) in [6.07, 6.45) is 0. The topological polar surface area (TPSA) is 55.6 Å². The van der Waals surface area contributed by atoms with Gasteiger partial charge in [0.25, 0.3) is 5.91 Å². The summed E-state index contributed by atoms with van der Waals surface area (Å²) in [5, 5.41) is 0. The molecule has 0 unspecified atom stereocenters. The number of aryl methyl sites for hydroxylation is 1. The first-order chi connectivity index (χ1) is 10.3. The predicted octanol–water partition coefficient (Wildman–Crippen LogP) is 3.55. The van der Waals surface area contributed by atoms with Crippen LogP contribution in [0.25, 0.3) is 0 Å². The van der Waals surface area contributed by atoms with Gasteiger partial charge in [0.1, 0.15) is 11.6 Å². The van der Waals surface area contributed by atoms with E-state index >= 15 is 0 Å². The van der Waals surface area contributed by atoms with Gasteiger partial charge in [0.2, 0.25) is 0 Å². The number of ether oxygens (including phenoxy) is 1. The van der Waals surface area contributed by atoms with Crippen LogP contribution in [0.5, 0.6) is 5.75 Å². The van der Waals surface area contributed by atoms with Crippen LogP contribution in [0.3, 0.4) is 0 Å². The van der Waals surface area contributed by atoms with E-state index in [0.717, 1.165) is 5.56 Å². The molecule has 1 aliphatic heterocycles. The van der Waals surface area contributed by atoms with E-state index in [0.29, 0.717) is 22.8 Å². The molecule has 0 fully saturated rings. The highest BCUT2D eigenvalue weighted by Gasteiger charge is 2.41. The van der Waals surface area contributed by atoms with Gasteiger partial charge < -0.3 is 10.5 Å². The molecule has 1 heterocycles. The molecule has 0 saturated heterocycles. The molecule has 4 nitrogen and oxygen atoms in total. The Morgan fingerprint density at radius 1 is 1.18 bits per heavy atom. The molecule has 0 atom stereocenters. The van der Waals surface area contributed by atoms with Crippen molar-refractivity contribution in [3.63, 3.8) is 0 Å². The van der Waals surface area contributed by atoms with Crippen LogP contribution in [0.4, 0.5) is 21.5 Å². The molecule has 0 saturated carbocycles. The van der Waals surface area contributed by atoms with Crippen molar-refractivity contribution in [2.75, 3.05) is 10.6 Å². The second kappa shape index (κ2) is 4.73. The Morgan fingerprint density at radius 2 is 1.82 bits per heavy atom. The number of carbonyl (C=O) groups is 1. The molecule has 0 aromatic heterocycles. The molecule has 114 valence electrons. The van der Waals surface area contributed by atoms with Crippen molar-refractivity contribution >= 4 is 23.0 Å². The van der Waals surface area contributed by atoms with Gasteiger partial charge in [-0.2, -0.15) is 0 Å². The number of rotatable bonds is 1. The monoisotopic (exact) mass is 300 g/mol. The lowest BCUT2D eigenvalue weighted by Crippen LogP contribution is -2.50. The van der Waals surface area contributed by atoms with Crippen molar-refractivity contribution in [3.8, 4) is 5.75 Å². The van der Waals surface area contributed by atoms with Gasteiger partial charge in [0.15, 0.2) is 5.60 Å². The first kappa shape index (κ1) is 14.4. The minimum absolute atomic E-state index is 0.212. The van der Waals surface area contributed by atoms with Gasteiger partial charge in [-0.05, 0) is 56.7 Å². The Kier molecular flexibility index (Phi) is 3.09. The minimum atomic E-state index is -1.02. The normalized spacial score (nSPS) is 16.2. The fraction of sp³-hybridized carbons (Fsp3) is 0.235. The van der Waals surface area contributed by atoms with Crippen LogP contribution in [0.15, 0.2) is 36.4 Å². The molecule has 2 N–H and O–H groups in total. The molecule has 1 amide bonds. The van der Waals surface area contributed by atoms with E-state index < -0.39 is 5.60 Å². The minimum Gasteiger partial charge on any atom is -0.476 e. The molecule has 2 aromatic carbocycles. The van der Waals surface area contributed by atoms with Crippen molar-refractivity contribution in [2.24, 2.45) is 0 Å². The maximum atomic E-state index is 13.2. The average molecular weight is 300 g/mol. The first-order valence-corrected chi connectivity index (χ1v) is 6.99. The van der Waals surface area contributed by atoms with Crippen LogP contribution in [0.1, 0.15) is 19.4 Å². The highest BCUT2D eigenvalue weighted by atomic mass is 19.1. The molecular formula is C17H17FN2O2. The first-order valence-electron chi connectivity index (χ1n) is 6.99. The molecule has 2 aromatic rings. The maximum absolute atomic E-state index is 13.2. The highest BCUT2D eigenvalue weighted by Crippen LogP contribution is 2.43. The van der Waals surface area contributed by atoms with Crippen LogP contribution in [-0.4, -0.2) is 11.5 Å². The van der Waals surface area contributed by atoms with Crippen molar-refractivity contribution in [1.82, 2.24) is 0 Å². The van der Waals surface area contributed by atoms with Gasteiger partial charge in [0, 0.05) is 17.4 Å². The molecule has 5 heteroatoms. The maximum Gasteiger partial charge on any atom is 0.275 e. The third kappa shape index (κ3) is 2.19. The number of benzene rings is 2. The molecular weight excluding hydrogens is 283 g/mol. The Hall–Kier alpha value is -2.56. The number of hydrogen-bond donors (Lipinski definition) is 1. The number of anilines is 3. The summed E-state index contributed by atoms with van der Waals surface area (Å²) in [4.78, 5) is 14.3. The molecule has 3 rings (SSSR count). The van der Waals surface area contributed by atoms with Crippen LogP contribution in [0, 0.1) is 12.7 Å². The van der Waals surface area contributed by atoms with Crippen molar-refractivity contribution in [1.29, 1.82) is 0 Å². The predicted molar refractivity (Wildman–Crippen MR) is 83.8 cm³/mol. The number of nitrogens with two attached hydrogens (primary N) is 1. The molecule has 22 heavy (non-hydrogen) atoms. The van der Waals surface area contributed by atoms with E-state index in [1.807, 2.05) is 6.92 Å². The number of halogens is 1. The van der Waals surface area contributed by atoms with E-state index in [-0.39, 0.29) is 11.7 Å². The Morgan fingerprint density at radius 3 is 2.45 bits per heavy atom. The molecule has 0 bridgehead atoms. The average Bonchev–Trinajstić information content (AvgIpc) is 2.44. The second-order valence-corrected chi connectivity index (χ2v) is 5.91. The van der Waals surface area contributed by atoms with Crippen molar-refractivity contribution in [2.45, 2.75) is 26.4 Å². The standard InChI is InChI=1S/C17H17FN2O2/c1-10-8-14-15(9-13(10)19)22-17(2,3)16(21)20(14)12-6-4-11(18)5-7-12/h4-9H,19H2,1-3H3. The summed E-state index contributed by atoms with van der Waals surface area (Å²) in [7, 11) is 0. The number of amides is 1. The second-order valence-electron chi connectivity index (χ2n) is 5.91. The smallest absolute Gasteiger partial charge is 0.275 e. The van der Waals surface area contributed by atoms with Gasteiger partial charge >= 0.3 is 0 Å². The van der Waals surface area contributed by atoms with Gasteiger partial charge in [-0.25, -0.2) is 4.39 Å². The summed E-state index contributed by atoms with van der Waals surface area (Å²) < 4.78 is 19.0. The lowest BCUT2D eigenvalue weighted by atomic mass is 10.0. The highest BCUT2D eigenvalue weighted by molar-refractivity contribution is 6.08. The number of nitrogen functional groups attached to an aromatic ring is 1. The van der Waals surface area contributed by atoms with Gasteiger partial charge in [-0.3, -0.25) is 9.69 Å². The lowest BCUT2D eigenvalue weighted by molar-refractivity contribution is -0.131. The van der Waals surface area contributed by atoms with Gasteiger partial charge in [-0.15, -0.1) is 0 Å². The lowest BCUT2D eigenvalue weighted by Gasteiger charge is -2.39. The number of hydrogen-bond acceptors (Lipinski definition) is 3.